The molecule has 34 heavy (non-hydrogen) atoms. The number of rotatable bonds is 7. The molecular weight excluding hydrogens is 518 g/mol. The molecule has 1 N–H and O–H groups in total. The summed E-state index contributed by atoms with van der Waals surface area (Å²) in [5.41, 5.74) is 5.11. The minimum absolute atomic E-state index is 0.0340. The van der Waals surface area contributed by atoms with E-state index in [0.29, 0.717) is 43.4 Å². The third kappa shape index (κ3) is 5.93. The predicted molar refractivity (Wildman–Crippen MR) is 137 cm³/mol. The highest BCUT2D eigenvalue weighted by Gasteiger charge is 2.15. The molecule has 0 unspecified atom stereocenters. The zero-order chi connectivity index (χ0) is 24.1. The van der Waals surface area contributed by atoms with Crippen LogP contribution in [0.3, 0.4) is 0 Å². The molecule has 0 saturated heterocycles. The Hall–Kier alpha value is -2.96. The van der Waals surface area contributed by atoms with Gasteiger partial charge in [0.1, 0.15) is 18.1 Å². The molecule has 3 aromatic carbocycles. The number of halogens is 4. The van der Waals surface area contributed by atoms with E-state index in [-0.39, 0.29) is 17.2 Å². The highest BCUT2D eigenvalue weighted by atomic mass is 35.5. The number of hydrazone groups is 1. The molecule has 0 fully saturated rings. The number of benzene rings is 3. The topological polar surface area (TPSA) is 63.8 Å². The molecule has 0 aliphatic carbocycles. The van der Waals surface area contributed by atoms with Crippen molar-refractivity contribution in [2.24, 2.45) is 5.10 Å². The molecule has 172 valence electrons. The van der Waals surface area contributed by atoms with Crippen LogP contribution in [0.2, 0.25) is 20.1 Å². The van der Waals surface area contributed by atoms with E-state index in [4.69, 9.17) is 55.6 Å². The average molecular weight is 534 g/mol. The van der Waals surface area contributed by atoms with E-state index in [9.17, 15) is 4.79 Å². The van der Waals surface area contributed by atoms with Gasteiger partial charge < -0.3 is 9.15 Å². The normalized spacial score (nSPS) is 11.1. The molecule has 5 nitrogen and oxygen atoms in total. The molecule has 0 aliphatic heterocycles. The fourth-order valence-corrected chi connectivity index (χ4v) is 3.67. The lowest BCUT2D eigenvalue weighted by atomic mass is 10.1. The Kier molecular flexibility index (Phi) is 7.80. The van der Waals surface area contributed by atoms with Crippen LogP contribution in [0.15, 0.2) is 82.3 Å². The molecular formula is C25H16Cl4N2O3. The van der Waals surface area contributed by atoms with E-state index in [0.717, 1.165) is 0 Å². The third-order valence-corrected chi connectivity index (χ3v) is 6.16. The molecule has 1 aromatic heterocycles. The van der Waals surface area contributed by atoms with Crippen LogP contribution in [0.25, 0.3) is 11.3 Å². The molecule has 0 saturated carbocycles. The average Bonchev–Trinajstić information content (AvgIpc) is 3.30. The number of carbonyl (C=O) groups excluding carboxylic acids is 1. The van der Waals surface area contributed by atoms with Gasteiger partial charge in [0, 0.05) is 16.1 Å². The zero-order valence-corrected chi connectivity index (χ0v) is 20.4. The fourth-order valence-electron chi connectivity index (χ4n) is 2.98. The quantitative estimate of drug-likeness (QED) is 0.147. The Balaban J connectivity index is 1.44. The number of anilines is 1. The number of carbonyl (C=O) groups is 1. The van der Waals surface area contributed by atoms with Crippen molar-refractivity contribution < 1.29 is 13.9 Å². The van der Waals surface area contributed by atoms with Crippen LogP contribution in [0.1, 0.15) is 21.7 Å². The first kappa shape index (κ1) is 24.2. The minimum atomic E-state index is -0.564. The molecule has 0 spiro atoms. The van der Waals surface area contributed by atoms with Gasteiger partial charge in [-0.25, -0.2) is 4.79 Å². The predicted octanol–water partition coefficient (Wildman–Crippen LogP) is 8.36. The second-order valence-corrected chi connectivity index (χ2v) is 8.69. The first-order valence-electron chi connectivity index (χ1n) is 9.95. The van der Waals surface area contributed by atoms with Crippen molar-refractivity contribution in [3.05, 3.63) is 110 Å². The van der Waals surface area contributed by atoms with Gasteiger partial charge in [0.05, 0.1) is 32.5 Å². The van der Waals surface area contributed by atoms with E-state index in [1.165, 1.54) is 6.21 Å². The van der Waals surface area contributed by atoms with E-state index >= 15 is 0 Å². The van der Waals surface area contributed by atoms with Crippen LogP contribution in [-0.4, -0.2) is 12.2 Å². The summed E-state index contributed by atoms with van der Waals surface area (Å²) >= 11 is 24.3. The van der Waals surface area contributed by atoms with E-state index in [1.54, 1.807) is 66.7 Å². The number of nitrogens with zero attached hydrogens (tertiary/aromatic N) is 1. The monoisotopic (exact) mass is 532 g/mol. The third-order valence-electron chi connectivity index (χ3n) is 4.72. The number of ether oxygens (including phenoxy) is 1. The summed E-state index contributed by atoms with van der Waals surface area (Å²) in [6.45, 7) is 0.0340. The molecule has 0 aliphatic rings. The lowest BCUT2D eigenvalue weighted by molar-refractivity contribution is 0.0473. The first-order chi connectivity index (χ1) is 16.4. The number of hydrogen-bond donors (Lipinski definition) is 1. The Labute approximate surface area is 215 Å². The molecule has 0 bridgehead atoms. The van der Waals surface area contributed by atoms with Crippen LogP contribution in [0.5, 0.6) is 0 Å². The van der Waals surface area contributed by atoms with Crippen molar-refractivity contribution in [2.75, 3.05) is 5.43 Å². The Morgan fingerprint density at radius 2 is 1.68 bits per heavy atom. The van der Waals surface area contributed by atoms with Crippen LogP contribution >= 0.6 is 46.4 Å². The van der Waals surface area contributed by atoms with Crippen molar-refractivity contribution in [1.82, 2.24) is 0 Å². The molecule has 4 aromatic rings. The highest BCUT2D eigenvalue weighted by molar-refractivity contribution is 6.42. The molecule has 0 radical (unpaired) electrons. The van der Waals surface area contributed by atoms with Crippen molar-refractivity contribution in [3.8, 4) is 11.3 Å². The Morgan fingerprint density at radius 3 is 2.47 bits per heavy atom. The standard InChI is InChI=1S/C25H16Cl4N2O3/c26-20-4-2-1-3-16(20)14-33-25(32)19-11-15(5-8-21(19)27)24-10-7-18(34-24)13-30-31-17-6-9-22(28)23(29)12-17/h1-13,31H,14H2. The van der Waals surface area contributed by atoms with Crippen LogP contribution in [0.4, 0.5) is 5.69 Å². The molecule has 4 rings (SSSR count). The highest BCUT2D eigenvalue weighted by Crippen LogP contribution is 2.28. The van der Waals surface area contributed by atoms with Crippen molar-refractivity contribution >= 4 is 64.3 Å². The first-order valence-corrected chi connectivity index (χ1v) is 11.5. The van der Waals surface area contributed by atoms with Gasteiger partial charge >= 0.3 is 5.97 Å². The summed E-state index contributed by atoms with van der Waals surface area (Å²) in [6, 6.07) is 20.7. The van der Waals surface area contributed by atoms with E-state index < -0.39 is 5.97 Å². The zero-order valence-electron chi connectivity index (χ0n) is 17.4. The van der Waals surface area contributed by atoms with Gasteiger partial charge in [-0.05, 0) is 54.6 Å². The van der Waals surface area contributed by atoms with Gasteiger partial charge in [-0.3, -0.25) is 5.43 Å². The fraction of sp³-hybridized carbons (Fsp3) is 0.0400. The van der Waals surface area contributed by atoms with Crippen LogP contribution in [-0.2, 0) is 11.3 Å². The van der Waals surface area contributed by atoms with Crippen molar-refractivity contribution in [1.29, 1.82) is 0 Å². The van der Waals surface area contributed by atoms with Gasteiger partial charge in [-0.15, -0.1) is 0 Å². The van der Waals surface area contributed by atoms with Crippen molar-refractivity contribution in [3.63, 3.8) is 0 Å². The minimum Gasteiger partial charge on any atom is -0.457 e. The summed E-state index contributed by atoms with van der Waals surface area (Å²) in [4.78, 5) is 12.6. The summed E-state index contributed by atoms with van der Waals surface area (Å²) in [5.74, 6) is 0.471. The van der Waals surface area contributed by atoms with Gasteiger partial charge in [0.25, 0.3) is 0 Å². The lowest BCUT2D eigenvalue weighted by Gasteiger charge is -2.09. The number of esters is 1. The van der Waals surface area contributed by atoms with Crippen LogP contribution in [0, 0.1) is 0 Å². The Bertz CT molecular complexity index is 1370. The maximum absolute atomic E-state index is 12.6. The lowest BCUT2D eigenvalue weighted by Crippen LogP contribution is -2.06. The smallest absolute Gasteiger partial charge is 0.340 e. The molecule has 0 atom stereocenters. The Morgan fingerprint density at radius 1 is 0.882 bits per heavy atom. The summed E-state index contributed by atoms with van der Waals surface area (Å²) in [5, 5.41) is 5.81. The SMILES string of the molecule is O=C(OCc1ccccc1Cl)c1cc(-c2ccc(C=NNc3ccc(Cl)c(Cl)c3)o2)ccc1Cl. The second-order valence-electron chi connectivity index (χ2n) is 7.06. The van der Waals surface area contributed by atoms with Gasteiger partial charge in [-0.2, -0.15) is 5.10 Å². The second kappa shape index (κ2) is 11.0. The van der Waals surface area contributed by atoms with Gasteiger partial charge in [0.15, 0.2) is 0 Å². The van der Waals surface area contributed by atoms with Gasteiger partial charge in [0.2, 0.25) is 0 Å². The number of nitrogens with one attached hydrogen (secondary N) is 1. The maximum Gasteiger partial charge on any atom is 0.340 e. The van der Waals surface area contributed by atoms with Gasteiger partial charge in [-0.1, -0.05) is 64.6 Å². The molecule has 1 heterocycles. The van der Waals surface area contributed by atoms with E-state index in [2.05, 4.69) is 10.5 Å². The molecule has 9 heteroatoms. The van der Waals surface area contributed by atoms with E-state index in [1.807, 2.05) is 6.07 Å². The number of hydrogen-bond acceptors (Lipinski definition) is 5. The largest absolute Gasteiger partial charge is 0.457 e. The summed E-state index contributed by atoms with van der Waals surface area (Å²) in [6.07, 6.45) is 1.51. The van der Waals surface area contributed by atoms with Crippen molar-refractivity contribution in [2.45, 2.75) is 6.61 Å². The number of furan rings is 1. The van der Waals surface area contributed by atoms with Crippen LogP contribution < -0.4 is 5.43 Å². The maximum atomic E-state index is 12.6. The summed E-state index contributed by atoms with van der Waals surface area (Å²) in [7, 11) is 0. The summed E-state index contributed by atoms with van der Waals surface area (Å²) < 4.78 is 11.2. The molecule has 0 amide bonds.